The quantitative estimate of drug-likeness (QED) is 0.791. The summed E-state index contributed by atoms with van der Waals surface area (Å²) in [6.45, 7) is 0. The summed E-state index contributed by atoms with van der Waals surface area (Å²) in [5.74, 6) is 0. The van der Waals surface area contributed by atoms with Gasteiger partial charge in [0.1, 0.15) is 0 Å². The Morgan fingerprint density at radius 2 is 1.37 bits per heavy atom. The molecule has 0 saturated carbocycles. The van der Waals surface area contributed by atoms with E-state index in [0.717, 1.165) is 11.1 Å². The second kappa shape index (κ2) is 8.22. The minimum absolute atomic E-state index is 0. The Balaban J connectivity index is 0.00000180. The van der Waals surface area contributed by atoms with Crippen molar-refractivity contribution < 1.29 is 4.79 Å². The molecule has 0 aliphatic heterocycles. The highest BCUT2D eigenvalue weighted by Crippen LogP contribution is 2.22. The van der Waals surface area contributed by atoms with Crippen molar-refractivity contribution in [1.82, 2.24) is 5.32 Å². The molecule has 0 bridgehead atoms. The molecule has 0 aliphatic rings. The predicted molar refractivity (Wildman–Crippen MR) is 92.2 cm³/mol. The fourth-order valence-corrected chi connectivity index (χ4v) is 2.06. The van der Waals surface area contributed by atoms with Crippen LogP contribution < -0.4 is 5.32 Å². The van der Waals surface area contributed by atoms with E-state index in [9.17, 15) is 4.79 Å². The van der Waals surface area contributed by atoms with Crippen LogP contribution in [0.1, 0.15) is 17.2 Å². The number of hydrogen-bond donors (Lipinski definition) is 1. The van der Waals surface area contributed by atoms with Gasteiger partial charge in [0.15, 0.2) is 0 Å². The summed E-state index contributed by atoms with van der Waals surface area (Å²) in [7, 11) is 0. The predicted octanol–water partition coefficient (Wildman–Crippen LogP) is 4.47. The number of carbonyl (C=O) groups is 1. The van der Waals surface area contributed by atoms with Crippen LogP contribution in [0.3, 0.4) is 0 Å². The molecule has 100 valence electrons. The van der Waals surface area contributed by atoms with Gasteiger partial charge in [0.25, 0.3) is 5.24 Å². The molecule has 0 heterocycles. The average Bonchev–Trinajstić information content (AvgIpc) is 2.46. The Kier molecular flexibility index (Phi) is 6.94. The Labute approximate surface area is 135 Å². The van der Waals surface area contributed by atoms with Crippen molar-refractivity contribution in [3.8, 4) is 0 Å². The Hall–Kier alpha value is -1.01. The van der Waals surface area contributed by atoms with Crippen LogP contribution >= 0.6 is 35.7 Å². The Morgan fingerprint density at radius 1 is 0.947 bits per heavy atom. The standard InChI is InChI=1S/C15H15NOS.HI/c1-18-15(17)16-14(12-8-4-2-5-9-12)13-10-6-3-7-11-13;/h2-11,14H,1H3,(H,16,17);1H. The van der Waals surface area contributed by atoms with Crippen LogP contribution in [0.5, 0.6) is 0 Å². The molecule has 0 spiro atoms. The lowest BCUT2D eigenvalue weighted by Gasteiger charge is -2.19. The number of amides is 1. The van der Waals surface area contributed by atoms with Gasteiger partial charge in [-0.3, -0.25) is 4.79 Å². The molecule has 2 nitrogen and oxygen atoms in total. The summed E-state index contributed by atoms with van der Waals surface area (Å²) in [5.41, 5.74) is 2.18. The first kappa shape index (κ1) is 16.0. The maximum Gasteiger partial charge on any atom is 0.279 e. The number of halogens is 1. The number of thioether (sulfide) groups is 1. The lowest BCUT2D eigenvalue weighted by molar-refractivity contribution is 0.259. The lowest BCUT2D eigenvalue weighted by atomic mass is 9.99. The molecule has 0 radical (unpaired) electrons. The minimum atomic E-state index is -0.0904. The topological polar surface area (TPSA) is 29.1 Å². The summed E-state index contributed by atoms with van der Waals surface area (Å²) in [6, 6.07) is 19.9. The molecule has 0 aromatic heterocycles. The number of benzene rings is 2. The molecule has 4 heteroatoms. The fourth-order valence-electron chi connectivity index (χ4n) is 1.83. The third kappa shape index (κ3) is 4.54. The van der Waals surface area contributed by atoms with Crippen LogP contribution in [0.4, 0.5) is 4.79 Å². The highest BCUT2D eigenvalue weighted by atomic mass is 127. The van der Waals surface area contributed by atoms with Gasteiger partial charge in [-0.2, -0.15) is 0 Å². The molecule has 2 rings (SSSR count). The van der Waals surface area contributed by atoms with E-state index in [1.165, 1.54) is 11.8 Å². The van der Waals surface area contributed by atoms with Crippen LogP contribution in [0, 0.1) is 0 Å². The molecule has 2 aromatic carbocycles. The van der Waals surface area contributed by atoms with Gasteiger partial charge in [0.05, 0.1) is 6.04 Å². The molecular formula is C15H16INOS. The first-order valence-corrected chi connectivity index (χ1v) is 6.98. The van der Waals surface area contributed by atoms with Gasteiger partial charge in [0, 0.05) is 0 Å². The molecule has 1 N–H and O–H groups in total. The van der Waals surface area contributed by atoms with Gasteiger partial charge in [-0.1, -0.05) is 72.4 Å². The number of hydrogen-bond acceptors (Lipinski definition) is 2. The van der Waals surface area contributed by atoms with Crippen LogP contribution in [0.25, 0.3) is 0 Å². The third-order valence-corrected chi connectivity index (χ3v) is 3.20. The zero-order valence-electron chi connectivity index (χ0n) is 10.6. The number of rotatable bonds is 3. The summed E-state index contributed by atoms with van der Waals surface area (Å²) >= 11 is 1.19. The summed E-state index contributed by atoms with van der Waals surface area (Å²) in [4.78, 5) is 11.6. The third-order valence-electron chi connectivity index (χ3n) is 2.71. The summed E-state index contributed by atoms with van der Waals surface area (Å²) < 4.78 is 0. The van der Waals surface area contributed by atoms with Gasteiger partial charge in [-0.05, 0) is 17.4 Å². The van der Waals surface area contributed by atoms with Gasteiger partial charge in [-0.15, -0.1) is 24.0 Å². The zero-order valence-corrected chi connectivity index (χ0v) is 13.7. The van der Waals surface area contributed by atoms with Gasteiger partial charge in [-0.25, -0.2) is 0 Å². The second-order valence-electron chi connectivity index (χ2n) is 3.89. The normalized spacial score (nSPS) is 9.79. The lowest BCUT2D eigenvalue weighted by Crippen LogP contribution is -2.25. The van der Waals surface area contributed by atoms with Crippen LogP contribution in [0.2, 0.25) is 0 Å². The van der Waals surface area contributed by atoms with E-state index in [-0.39, 0.29) is 35.3 Å². The maximum atomic E-state index is 11.6. The van der Waals surface area contributed by atoms with Crippen LogP contribution in [0.15, 0.2) is 60.7 Å². The van der Waals surface area contributed by atoms with Crippen LogP contribution in [-0.4, -0.2) is 11.5 Å². The summed E-state index contributed by atoms with van der Waals surface area (Å²) in [5, 5.41) is 3.00. The molecule has 0 aliphatic carbocycles. The van der Waals surface area contributed by atoms with Gasteiger partial charge >= 0.3 is 0 Å². The molecule has 19 heavy (non-hydrogen) atoms. The van der Waals surface area contributed by atoms with E-state index in [0.29, 0.717) is 0 Å². The van der Waals surface area contributed by atoms with E-state index in [1.807, 2.05) is 60.7 Å². The maximum absolute atomic E-state index is 11.6. The van der Waals surface area contributed by atoms with Crippen molar-refractivity contribution in [2.24, 2.45) is 0 Å². The molecular weight excluding hydrogens is 369 g/mol. The van der Waals surface area contributed by atoms with Crippen molar-refractivity contribution in [3.63, 3.8) is 0 Å². The molecule has 2 aromatic rings. The minimum Gasteiger partial charge on any atom is -0.336 e. The van der Waals surface area contributed by atoms with Crippen molar-refractivity contribution in [3.05, 3.63) is 71.8 Å². The van der Waals surface area contributed by atoms with Crippen molar-refractivity contribution >= 4 is 41.0 Å². The molecule has 0 unspecified atom stereocenters. The van der Waals surface area contributed by atoms with E-state index < -0.39 is 0 Å². The monoisotopic (exact) mass is 385 g/mol. The van der Waals surface area contributed by atoms with E-state index >= 15 is 0 Å². The Morgan fingerprint density at radius 3 is 1.74 bits per heavy atom. The SMILES string of the molecule is CSC(=O)NC(c1ccccc1)c1ccccc1.I. The van der Waals surface area contributed by atoms with Gasteiger partial charge < -0.3 is 5.32 Å². The van der Waals surface area contributed by atoms with Crippen molar-refractivity contribution in [1.29, 1.82) is 0 Å². The van der Waals surface area contributed by atoms with Crippen molar-refractivity contribution in [2.75, 3.05) is 6.26 Å². The number of carbonyl (C=O) groups excluding carboxylic acids is 1. The Bertz CT molecular complexity index is 465. The highest BCUT2D eigenvalue weighted by Gasteiger charge is 2.15. The van der Waals surface area contributed by atoms with Crippen molar-refractivity contribution in [2.45, 2.75) is 6.04 Å². The van der Waals surface area contributed by atoms with E-state index in [2.05, 4.69) is 5.32 Å². The first-order chi connectivity index (χ1) is 8.81. The molecule has 0 saturated heterocycles. The fraction of sp³-hybridized carbons (Fsp3) is 0.133. The van der Waals surface area contributed by atoms with Gasteiger partial charge in [0.2, 0.25) is 0 Å². The average molecular weight is 385 g/mol. The molecule has 1 amide bonds. The second-order valence-corrected chi connectivity index (χ2v) is 4.67. The van der Waals surface area contributed by atoms with E-state index in [1.54, 1.807) is 6.26 Å². The zero-order chi connectivity index (χ0) is 12.8. The smallest absolute Gasteiger partial charge is 0.279 e. The highest BCUT2D eigenvalue weighted by molar-refractivity contribution is 14.0. The van der Waals surface area contributed by atoms with E-state index in [4.69, 9.17) is 0 Å². The largest absolute Gasteiger partial charge is 0.336 e. The first-order valence-electron chi connectivity index (χ1n) is 5.75. The number of nitrogens with one attached hydrogen (secondary N) is 1. The molecule has 0 fully saturated rings. The summed E-state index contributed by atoms with van der Waals surface area (Å²) in [6.07, 6.45) is 1.78. The van der Waals surface area contributed by atoms with Crippen LogP contribution in [-0.2, 0) is 0 Å². The molecule has 0 atom stereocenters.